The van der Waals surface area contributed by atoms with Crippen LogP contribution in [0.2, 0.25) is 0 Å². The zero-order valence-corrected chi connectivity index (χ0v) is 11.9. The van der Waals surface area contributed by atoms with E-state index in [1.54, 1.807) is 31.4 Å². The van der Waals surface area contributed by atoms with E-state index in [4.69, 9.17) is 15.2 Å². The molecule has 0 heterocycles. The summed E-state index contributed by atoms with van der Waals surface area (Å²) in [5.74, 6) is 0.807. The summed E-state index contributed by atoms with van der Waals surface area (Å²) in [6.07, 6.45) is 0. The summed E-state index contributed by atoms with van der Waals surface area (Å²) in [5.41, 5.74) is 6.99. The Balaban J connectivity index is 2.18. The molecule has 2 aromatic carbocycles. The Morgan fingerprint density at radius 3 is 2.68 bits per heavy atom. The fraction of sp³-hybridized carbons (Fsp3) is 0.143. The largest absolute Gasteiger partial charge is 0.493 e. The molecule has 0 saturated heterocycles. The van der Waals surface area contributed by atoms with Crippen molar-refractivity contribution in [3.63, 3.8) is 0 Å². The van der Waals surface area contributed by atoms with Gasteiger partial charge in [0.05, 0.1) is 7.11 Å². The molecule has 0 spiro atoms. The van der Waals surface area contributed by atoms with Crippen LogP contribution < -0.4 is 15.2 Å². The van der Waals surface area contributed by atoms with Crippen molar-refractivity contribution in [3.05, 3.63) is 52.3 Å². The van der Waals surface area contributed by atoms with E-state index in [-0.39, 0.29) is 12.4 Å². The number of hydrogen-bond acceptors (Lipinski definition) is 3. The standard InChI is InChI=1S/C14H13BrFNO2/c1-18-13-5-3-11(17)7-14(13)19-8-9-6-10(16)2-4-12(9)15/h2-7H,8,17H2,1H3. The van der Waals surface area contributed by atoms with Gasteiger partial charge in [0.1, 0.15) is 12.4 Å². The SMILES string of the molecule is COc1ccc(N)cc1OCc1cc(F)ccc1Br. The molecule has 0 atom stereocenters. The van der Waals surface area contributed by atoms with Crippen molar-refractivity contribution in [2.45, 2.75) is 6.61 Å². The fourth-order valence-corrected chi connectivity index (χ4v) is 1.98. The molecule has 0 fully saturated rings. The number of anilines is 1. The average molecular weight is 326 g/mol. The number of rotatable bonds is 4. The summed E-state index contributed by atoms with van der Waals surface area (Å²) in [4.78, 5) is 0. The van der Waals surface area contributed by atoms with Gasteiger partial charge in [0, 0.05) is 21.8 Å². The Labute approximate surface area is 119 Å². The van der Waals surface area contributed by atoms with Crippen LogP contribution in [0, 0.1) is 5.82 Å². The maximum Gasteiger partial charge on any atom is 0.163 e. The lowest BCUT2D eigenvalue weighted by Crippen LogP contribution is -2.00. The minimum absolute atomic E-state index is 0.220. The van der Waals surface area contributed by atoms with Crippen molar-refractivity contribution in [2.75, 3.05) is 12.8 Å². The molecule has 5 heteroatoms. The van der Waals surface area contributed by atoms with Gasteiger partial charge in [-0.05, 0) is 30.3 Å². The lowest BCUT2D eigenvalue weighted by atomic mass is 10.2. The maximum atomic E-state index is 13.2. The van der Waals surface area contributed by atoms with Crippen LogP contribution in [0.25, 0.3) is 0 Å². The number of halogens is 2. The number of benzene rings is 2. The lowest BCUT2D eigenvalue weighted by Gasteiger charge is -2.12. The Bertz CT molecular complexity index is 590. The molecule has 0 aliphatic carbocycles. The highest BCUT2D eigenvalue weighted by molar-refractivity contribution is 9.10. The van der Waals surface area contributed by atoms with E-state index in [1.165, 1.54) is 12.1 Å². The van der Waals surface area contributed by atoms with Gasteiger partial charge >= 0.3 is 0 Å². The van der Waals surface area contributed by atoms with Crippen molar-refractivity contribution in [1.82, 2.24) is 0 Å². The van der Waals surface area contributed by atoms with E-state index in [2.05, 4.69) is 15.9 Å². The molecule has 100 valence electrons. The number of ether oxygens (including phenoxy) is 2. The first-order chi connectivity index (χ1) is 9.10. The molecule has 0 radical (unpaired) electrons. The van der Waals surface area contributed by atoms with Crippen LogP contribution in [-0.2, 0) is 6.61 Å². The third-order valence-corrected chi connectivity index (χ3v) is 3.35. The summed E-state index contributed by atoms with van der Waals surface area (Å²) in [6, 6.07) is 9.57. The summed E-state index contributed by atoms with van der Waals surface area (Å²) < 4.78 is 24.8. The topological polar surface area (TPSA) is 44.5 Å². The highest BCUT2D eigenvalue weighted by Crippen LogP contribution is 2.30. The van der Waals surface area contributed by atoms with E-state index < -0.39 is 0 Å². The van der Waals surface area contributed by atoms with Crippen molar-refractivity contribution >= 4 is 21.6 Å². The molecule has 2 N–H and O–H groups in total. The van der Waals surface area contributed by atoms with Crippen molar-refractivity contribution in [2.24, 2.45) is 0 Å². The van der Waals surface area contributed by atoms with E-state index >= 15 is 0 Å². The van der Waals surface area contributed by atoms with Crippen LogP contribution in [0.3, 0.4) is 0 Å². The predicted octanol–water partition coefficient (Wildman–Crippen LogP) is 3.76. The van der Waals surface area contributed by atoms with Gasteiger partial charge in [-0.15, -0.1) is 0 Å². The maximum absolute atomic E-state index is 13.2. The number of hydrogen-bond donors (Lipinski definition) is 1. The predicted molar refractivity (Wildman–Crippen MR) is 75.8 cm³/mol. The molecular formula is C14H13BrFNO2. The lowest BCUT2D eigenvalue weighted by molar-refractivity contribution is 0.283. The quantitative estimate of drug-likeness (QED) is 0.870. The molecule has 2 rings (SSSR count). The van der Waals surface area contributed by atoms with Crippen LogP contribution >= 0.6 is 15.9 Å². The second-order valence-electron chi connectivity index (χ2n) is 3.93. The molecule has 0 aliphatic heterocycles. The summed E-state index contributed by atoms with van der Waals surface area (Å²) in [6.45, 7) is 0.220. The van der Waals surface area contributed by atoms with Gasteiger partial charge in [0.2, 0.25) is 0 Å². The smallest absolute Gasteiger partial charge is 0.163 e. The van der Waals surface area contributed by atoms with Crippen LogP contribution in [0.4, 0.5) is 10.1 Å². The van der Waals surface area contributed by atoms with E-state index in [1.807, 2.05) is 0 Å². The summed E-state index contributed by atoms with van der Waals surface area (Å²) in [5, 5.41) is 0. The Morgan fingerprint density at radius 2 is 1.95 bits per heavy atom. The third-order valence-electron chi connectivity index (χ3n) is 2.58. The van der Waals surface area contributed by atoms with Gasteiger partial charge in [-0.1, -0.05) is 15.9 Å². The molecule has 3 nitrogen and oxygen atoms in total. The van der Waals surface area contributed by atoms with Crippen LogP contribution in [-0.4, -0.2) is 7.11 Å². The molecule has 0 unspecified atom stereocenters. The minimum atomic E-state index is -0.304. The first-order valence-corrected chi connectivity index (χ1v) is 6.39. The summed E-state index contributed by atoms with van der Waals surface area (Å²) >= 11 is 3.35. The monoisotopic (exact) mass is 325 g/mol. The van der Waals surface area contributed by atoms with Gasteiger partial charge in [-0.2, -0.15) is 0 Å². The number of nitrogens with two attached hydrogens (primary N) is 1. The second-order valence-corrected chi connectivity index (χ2v) is 4.79. The van der Waals surface area contributed by atoms with E-state index in [9.17, 15) is 4.39 Å². The average Bonchev–Trinajstić information content (AvgIpc) is 2.40. The molecular weight excluding hydrogens is 313 g/mol. The zero-order chi connectivity index (χ0) is 13.8. The first-order valence-electron chi connectivity index (χ1n) is 5.60. The van der Waals surface area contributed by atoms with Crippen molar-refractivity contribution in [3.8, 4) is 11.5 Å². The molecule has 2 aromatic rings. The van der Waals surface area contributed by atoms with Gasteiger partial charge in [-0.3, -0.25) is 0 Å². The molecule has 0 aliphatic rings. The molecule has 0 amide bonds. The molecule has 0 saturated carbocycles. The second kappa shape index (κ2) is 5.93. The first kappa shape index (κ1) is 13.7. The van der Waals surface area contributed by atoms with Gasteiger partial charge in [0.15, 0.2) is 11.5 Å². The summed E-state index contributed by atoms with van der Waals surface area (Å²) in [7, 11) is 1.55. The Kier molecular flexibility index (Phi) is 4.27. The van der Waals surface area contributed by atoms with Gasteiger partial charge in [-0.25, -0.2) is 4.39 Å². The zero-order valence-electron chi connectivity index (χ0n) is 10.3. The molecule has 19 heavy (non-hydrogen) atoms. The van der Waals surface area contributed by atoms with Crippen LogP contribution in [0.1, 0.15) is 5.56 Å². The third kappa shape index (κ3) is 3.38. The minimum Gasteiger partial charge on any atom is -0.493 e. The highest BCUT2D eigenvalue weighted by Gasteiger charge is 2.07. The normalized spacial score (nSPS) is 10.3. The highest BCUT2D eigenvalue weighted by atomic mass is 79.9. The Hall–Kier alpha value is -1.75. The van der Waals surface area contributed by atoms with E-state index in [0.717, 1.165) is 4.47 Å². The molecule has 0 bridgehead atoms. The van der Waals surface area contributed by atoms with Gasteiger partial charge in [0.25, 0.3) is 0 Å². The fourth-order valence-electron chi connectivity index (χ4n) is 1.62. The Morgan fingerprint density at radius 1 is 1.16 bits per heavy atom. The number of methoxy groups -OCH3 is 1. The van der Waals surface area contributed by atoms with Gasteiger partial charge < -0.3 is 15.2 Å². The molecule has 0 aromatic heterocycles. The van der Waals surface area contributed by atoms with Crippen molar-refractivity contribution < 1.29 is 13.9 Å². The van der Waals surface area contributed by atoms with Crippen LogP contribution in [0.5, 0.6) is 11.5 Å². The van der Waals surface area contributed by atoms with Crippen molar-refractivity contribution in [1.29, 1.82) is 0 Å². The number of nitrogen functional groups attached to an aromatic ring is 1. The van der Waals surface area contributed by atoms with E-state index in [0.29, 0.717) is 22.7 Å². The van der Waals surface area contributed by atoms with Crippen LogP contribution in [0.15, 0.2) is 40.9 Å².